The van der Waals surface area contributed by atoms with Crippen LogP contribution in [0.5, 0.6) is 0 Å². The van der Waals surface area contributed by atoms with Crippen molar-refractivity contribution in [2.75, 3.05) is 38.1 Å². The monoisotopic (exact) mass is 530 g/mol. The summed E-state index contributed by atoms with van der Waals surface area (Å²) in [6, 6.07) is 4.19. The number of aromatic nitrogens is 1. The van der Waals surface area contributed by atoms with Gasteiger partial charge in [-0.3, -0.25) is 9.79 Å². The molecule has 30 heavy (non-hydrogen) atoms. The van der Waals surface area contributed by atoms with E-state index in [1.807, 2.05) is 6.20 Å². The number of hydrogen-bond donors (Lipinski definition) is 2. The summed E-state index contributed by atoms with van der Waals surface area (Å²) in [7, 11) is 1.79. The van der Waals surface area contributed by atoms with Gasteiger partial charge in [-0.25, -0.2) is 4.98 Å². The van der Waals surface area contributed by atoms with E-state index in [9.17, 15) is 4.79 Å². The lowest BCUT2D eigenvalue weighted by molar-refractivity contribution is -0.119. The Morgan fingerprint density at radius 1 is 1.30 bits per heavy atom. The van der Waals surface area contributed by atoms with Gasteiger partial charge in [-0.15, -0.1) is 24.0 Å². The first-order valence-corrected chi connectivity index (χ1v) is 10.5. The molecule has 2 aliphatic rings. The van der Waals surface area contributed by atoms with Gasteiger partial charge in [-0.05, 0) is 44.2 Å². The number of aliphatic imine (C=N–C) groups is 1. The predicted molar refractivity (Wildman–Crippen MR) is 130 cm³/mol. The SMILES string of the molecule is CN=C(NCc1ccc(N2CC(C)OC(C)C2)nc1)N1CCCC(CC(N)=O)C1.I. The van der Waals surface area contributed by atoms with Crippen molar-refractivity contribution in [2.45, 2.75) is 51.9 Å². The van der Waals surface area contributed by atoms with Crippen LogP contribution in [0.1, 0.15) is 38.7 Å². The highest BCUT2D eigenvalue weighted by Gasteiger charge is 2.24. The molecule has 0 aromatic carbocycles. The second-order valence-corrected chi connectivity index (χ2v) is 8.21. The lowest BCUT2D eigenvalue weighted by Gasteiger charge is -2.36. The zero-order chi connectivity index (χ0) is 20.8. The molecule has 1 aromatic rings. The molecule has 168 valence electrons. The van der Waals surface area contributed by atoms with Crippen molar-refractivity contribution in [2.24, 2.45) is 16.6 Å². The van der Waals surface area contributed by atoms with Crippen LogP contribution in [0.3, 0.4) is 0 Å². The summed E-state index contributed by atoms with van der Waals surface area (Å²) in [6.45, 7) is 8.34. The van der Waals surface area contributed by atoms with Gasteiger partial charge in [-0.1, -0.05) is 6.07 Å². The van der Waals surface area contributed by atoms with Crippen molar-refractivity contribution in [3.63, 3.8) is 0 Å². The van der Waals surface area contributed by atoms with Crippen LogP contribution in [0.15, 0.2) is 23.3 Å². The largest absolute Gasteiger partial charge is 0.372 e. The van der Waals surface area contributed by atoms with E-state index >= 15 is 0 Å². The molecule has 1 aromatic heterocycles. The first-order chi connectivity index (χ1) is 13.9. The number of piperidine rings is 1. The Morgan fingerprint density at radius 2 is 2.03 bits per heavy atom. The van der Waals surface area contributed by atoms with Crippen molar-refractivity contribution in [3.8, 4) is 0 Å². The Balaban J connectivity index is 0.00000320. The summed E-state index contributed by atoms with van der Waals surface area (Å²) < 4.78 is 5.80. The summed E-state index contributed by atoms with van der Waals surface area (Å²) in [4.78, 5) is 24.8. The van der Waals surface area contributed by atoms with Crippen molar-refractivity contribution in [1.82, 2.24) is 15.2 Å². The van der Waals surface area contributed by atoms with Crippen molar-refractivity contribution < 1.29 is 9.53 Å². The van der Waals surface area contributed by atoms with E-state index < -0.39 is 0 Å². The fourth-order valence-electron chi connectivity index (χ4n) is 4.30. The van der Waals surface area contributed by atoms with Gasteiger partial charge >= 0.3 is 0 Å². The maximum absolute atomic E-state index is 11.2. The molecule has 1 amide bonds. The van der Waals surface area contributed by atoms with Gasteiger partial charge in [0.25, 0.3) is 0 Å². The second-order valence-electron chi connectivity index (χ2n) is 8.21. The van der Waals surface area contributed by atoms with Crippen molar-refractivity contribution in [1.29, 1.82) is 0 Å². The summed E-state index contributed by atoms with van der Waals surface area (Å²) in [6.07, 6.45) is 4.89. The van der Waals surface area contributed by atoms with Gasteiger partial charge in [0.15, 0.2) is 5.96 Å². The topological polar surface area (TPSA) is 96.1 Å². The molecule has 0 saturated carbocycles. The van der Waals surface area contributed by atoms with E-state index in [1.165, 1.54) is 0 Å². The third-order valence-corrected chi connectivity index (χ3v) is 5.52. The average molecular weight is 530 g/mol. The average Bonchev–Trinajstić information content (AvgIpc) is 2.68. The maximum Gasteiger partial charge on any atom is 0.217 e. The third-order valence-electron chi connectivity index (χ3n) is 5.52. The Labute approximate surface area is 196 Å². The number of carbonyl (C=O) groups is 1. The molecular formula is C21H35IN6O2. The molecule has 3 rings (SSSR count). The molecule has 9 heteroatoms. The van der Waals surface area contributed by atoms with E-state index in [-0.39, 0.29) is 42.1 Å². The molecule has 3 unspecified atom stereocenters. The number of guanidine groups is 1. The Hall–Kier alpha value is -1.62. The predicted octanol–water partition coefficient (Wildman–Crippen LogP) is 1.98. The van der Waals surface area contributed by atoms with Gasteiger partial charge in [0.2, 0.25) is 5.91 Å². The lowest BCUT2D eigenvalue weighted by Crippen LogP contribution is -2.47. The highest BCUT2D eigenvalue weighted by atomic mass is 127. The molecule has 2 saturated heterocycles. The van der Waals surface area contributed by atoms with Crippen LogP contribution >= 0.6 is 24.0 Å². The number of likely N-dealkylation sites (tertiary alicyclic amines) is 1. The normalized spacial score (nSPS) is 24.9. The van der Waals surface area contributed by atoms with Gasteiger partial charge in [0.05, 0.1) is 12.2 Å². The molecule has 0 radical (unpaired) electrons. The van der Waals surface area contributed by atoms with Crippen LogP contribution in [0.4, 0.5) is 5.82 Å². The summed E-state index contributed by atoms with van der Waals surface area (Å²) in [5, 5.41) is 3.43. The number of halogens is 1. The molecule has 0 aliphatic carbocycles. The van der Waals surface area contributed by atoms with Gasteiger partial charge in [0.1, 0.15) is 5.82 Å². The zero-order valence-electron chi connectivity index (χ0n) is 18.2. The van der Waals surface area contributed by atoms with Gasteiger partial charge in [-0.2, -0.15) is 0 Å². The molecule has 0 spiro atoms. The summed E-state index contributed by atoms with van der Waals surface area (Å²) in [5.74, 6) is 1.93. The number of pyridine rings is 1. The number of amides is 1. The third kappa shape index (κ3) is 6.97. The Kier molecular flexibility index (Phi) is 9.60. The van der Waals surface area contributed by atoms with E-state index in [2.05, 4.69) is 51.1 Å². The van der Waals surface area contributed by atoms with E-state index in [1.54, 1.807) is 7.05 Å². The number of nitrogens with one attached hydrogen (secondary N) is 1. The Bertz CT molecular complexity index is 704. The number of nitrogens with two attached hydrogens (primary N) is 1. The quantitative estimate of drug-likeness (QED) is 0.344. The van der Waals surface area contributed by atoms with Crippen molar-refractivity contribution >= 4 is 41.7 Å². The number of carbonyl (C=O) groups excluding carboxylic acids is 1. The number of primary amides is 1. The molecule has 2 fully saturated rings. The summed E-state index contributed by atoms with van der Waals surface area (Å²) >= 11 is 0. The zero-order valence-corrected chi connectivity index (χ0v) is 20.5. The highest BCUT2D eigenvalue weighted by Crippen LogP contribution is 2.20. The van der Waals surface area contributed by atoms with Gasteiger partial charge in [0, 0.05) is 52.4 Å². The Morgan fingerprint density at radius 3 is 2.63 bits per heavy atom. The number of morpholine rings is 1. The first-order valence-electron chi connectivity index (χ1n) is 10.5. The van der Waals surface area contributed by atoms with E-state index in [0.29, 0.717) is 18.9 Å². The number of rotatable bonds is 5. The molecular weight excluding hydrogens is 495 g/mol. The van der Waals surface area contributed by atoms with Crippen LogP contribution in [0.25, 0.3) is 0 Å². The minimum Gasteiger partial charge on any atom is -0.372 e. The van der Waals surface area contributed by atoms with Crippen molar-refractivity contribution in [3.05, 3.63) is 23.9 Å². The smallest absolute Gasteiger partial charge is 0.217 e. The van der Waals surface area contributed by atoms with E-state index in [4.69, 9.17) is 10.5 Å². The second kappa shape index (κ2) is 11.7. The van der Waals surface area contributed by atoms with E-state index in [0.717, 1.165) is 56.4 Å². The maximum atomic E-state index is 11.2. The van der Waals surface area contributed by atoms with Crippen LogP contribution in [0, 0.1) is 5.92 Å². The molecule has 2 aliphatic heterocycles. The minimum atomic E-state index is -0.227. The standard InChI is InChI=1S/C21H34N6O2.HI/c1-15-12-27(13-16(2)29-15)20-7-6-18(10-24-20)11-25-21(23-3)26-8-4-5-17(14-26)9-19(22)28;/h6-7,10,15-17H,4-5,8-9,11-14H2,1-3H3,(H2,22,28)(H,23,25);1H. The number of nitrogens with zero attached hydrogens (tertiary/aromatic N) is 4. The fraction of sp³-hybridized carbons (Fsp3) is 0.667. The number of hydrogen-bond acceptors (Lipinski definition) is 5. The fourth-order valence-corrected chi connectivity index (χ4v) is 4.30. The van der Waals surface area contributed by atoms with Crippen LogP contribution in [0.2, 0.25) is 0 Å². The molecule has 0 bridgehead atoms. The molecule has 3 N–H and O–H groups in total. The van der Waals surface area contributed by atoms with Crippen LogP contribution < -0.4 is 16.0 Å². The van der Waals surface area contributed by atoms with Crippen LogP contribution in [-0.2, 0) is 16.1 Å². The van der Waals surface area contributed by atoms with Crippen LogP contribution in [-0.4, -0.2) is 67.2 Å². The number of anilines is 1. The molecule has 3 heterocycles. The number of ether oxygens (including phenoxy) is 1. The summed E-state index contributed by atoms with van der Waals surface area (Å²) in [5.41, 5.74) is 6.48. The molecule has 3 atom stereocenters. The minimum absolute atomic E-state index is 0. The molecule has 8 nitrogen and oxygen atoms in total. The lowest BCUT2D eigenvalue weighted by atomic mass is 9.95. The van der Waals surface area contributed by atoms with Gasteiger partial charge < -0.3 is 25.6 Å². The first kappa shape index (κ1) is 24.6. The highest BCUT2D eigenvalue weighted by molar-refractivity contribution is 14.0.